The van der Waals surface area contributed by atoms with Crippen molar-refractivity contribution in [2.75, 3.05) is 7.05 Å². The number of amides is 1. The van der Waals surface area contributed by atoms with Gasteiger partial charge in [-0.05, 0) is 46.5 Å². The van der Waals surface area contributed by atoms with Crippen LogP contribution in [0.5, 0.6) is 5.75 Å². The number of rotatable bonds is 8. The molecule has 2 heterocycles. The van der Waals surface area contributed by atoms with Gasteiger partial charge >= 0.3 is 0 Å². The summed E-state index contributed by atoms with van der Waals surface area (Å²) in [4.78, 5) is 19.7. The normalized spacial score (nSPS) is 10.8. The van der Waals surface area contributed by atoms with Crippen LogP contribution < -0.4 is 4.74 Å². The summed E-state index contributed by atoms with van der Waals surface area (Å²) in [6.07, 6.45) is 0. The number of hydrogen-bond acceptors (Lipinski definition) is 6. The monoisotopic (exact) mass is 504 g/mol. The van der Waals surface area contributed by atoms with Crippen molar-refractivity contribution in [2.45, 2.75) is 27.0 Å². The topological polar surface area (TPSA) is 96.9 Å². The molecule has 0 aliphatic rings. The lowest BCUT2D eigenvalue weighted by Crippen LogP contribution is -2.27. The molecule has 8 heteroatoms. The maximum atomic E-state index is 13.4. The number of carbonyl (C=O) groups is 1. The van der Waals surface area contributed by atoms with Gasteiger partial charge in [-0.1, -0.05) is 78.9 Å². The smallest absolute Gasteiger partial charge is 0.259 e. The van der Waals surface area contributed by atoms with Crippen molar-refractivity contribution in [3.05, 3.63) is 113 Å². The molecule has 0 atom stereocenters. The number of ether oxygens (including phenoxy) is 1. The molecule has 0 fully saturated rings. The van der Waals surface area contributed by atoms with Gasteiger partial charge < -0.3 is 9.64 Å². The van der Waals surface area contributed by atoms with Crippen LogP contribution in [0.3, 0.4) is 0 Å². The summed E-state index contributed by atoms with van der Waals surface area (Å²) >= 11 is 0. The van der Waals surface area contributed by atoms with E-state index in [9.17, 15) is 4.79 Å². The highest BCUT2D eigenvalue weighted by Gasteiger charge is 2.21. The van der Waals surface area contributed by atoms with Crippen molar-refractivity contribution in [3.8, 4) is 28.3 Å². The van der Waals surface area contributed by atoms with E-state index in [1.54, 1.807) is 11.9 Å². The van der Waals surface area contributed by atoms with Crippen LogP contribution in [0.4, 0.5) is 0 Å². The molecule has 8 nitrogen and oxygen atoms in total. The fraction of sp³-hybridized carbons (Fsp3) is 0.167. The molecule has 5 aromatic rings. The first-order chi connectivity index (χ1) is 18.5. The lowest BCUT2D eigenvalue weighted by Gasteiger charge is -2.21. The quantitative estimate of drug-likeness (QED) is 0.304. The number of pyridine rings is 1. The predicted molar refractivity (Wildman–Crippen MR) is 145 cm³/mol. The average Bonchev–Trinajstić information content (AvgIpc) is 3.47. The molecule has 5 rings (SSSR count). The van der Waals surface area contributed by atoms with E-state index in [2.05, 4.69) is 25.6 Å². The molecule has 0 aliphatic carbocycles. The molecule has 0 aliphatic heterocycles. The summed E-state index contributed by atoms with van der Waals surface area (Å²) in [5, 5.41) is 14.3. The van der Waals surface area contributed by atoms with Crippen LogP contribution in [0.15, 0.2) is 84.9 Å². The standard InChI is InChI=1S/C30H28N6O2/c1-20-17-27(28(21(2)31-20)30(37)36(3)18-22-9-5-4-6-10-22)38-19-23-13-15-24(16-14-23)25-11-7-8-12-26(25)29-32-34-35-33-29/h4-17H,18-19H2,1-3H3,(H,32,33,34,35). The fourth-order valence-electron chi connectivity index (χ4n) is 4.44. The molecule has 190 valence electrons. The van der Waals surface area contributed by atoms with Crippen LogP contribution in [-0.4, -0.2) is 43.5 Å². The second-order valence-corrected chi connectivity index (χ2v) is 9.15. The molecular formula is C30H28N6O2. The fourth-order valence-corrected chi connectivity index (χ4v) is 4.44. The molecule has 0 saturated carbocycles. The van der Waals surface area contributed by atoms with Gasteiger partial charge in [0.1, 0.15) is 17.9 Å². The first kappa shape index (κ1) is 24.8. The Bertz CT molecular complexity index is 1530. The Balaban J connectivity index is 1.34. The molecule has 0 saturated heterocycles. The maximum absolute atomic E-state index is 13.4. The van der Waals surface area contributed by atoms with Crippen LogP contribution in [-0.2, 0) is 13.2 Å². The van der Waals surface area contributed by atoms with Crippen molar-refractivity contribution in [3.63, 3.8) is 0 Å². The number of aryl methyl sites for hydroxylation is 2. The average molecular weight is 505 g/mol. The first-order valence-electron chi connectivity index (χ1n) is 12.3. The predicted octanol–water partition coefficient (Wildman–Crippen LogP) is 5.40. The lowest BCUT2D eigenvalue weighted by atomic mass is 9.98. The summed E-state index contributed by atoms with van der Waals surface area (Å²) in [6, 6.07) is 27.8. The minimum absolute atomic E-state index is 0.122. The van der Waals surface area contributed by atoms with E-state index >= 15 is 0 Å². The zero-order valence-corrected chi connectivity index (χ0v) is 21.5. The second-order valence-electron chi connectivity index (χ2n) is 9.15. The van der Waals surface area contributed by atoms with E-state index in [1.807, 2.05) is 98.8 Å². The minimum atomic E-state index is -0.122. The number of nitrogens with one attached hydrogen (secondary N) is 1. The van der Waals surface area contributed by atoms with E-state index in [4.69, 9.17) is 4.74 Å². The number of hydrogen-bond donors (Lipinski definition) is 1. The molecule has 0 radical (unpaired) electrons. The summed E-state index contributed by atoms with van der Waals surface area (Å²) in [6.45, 7) is 4.57. The number of nitrogens with zero attached hydrogens (tertiary/aromatic N) is 5. The van der Waals surface area contributed by atoms with Gasteiger partial charge in [-0.3, -0.25) is 9.78 Å². The van der Waals surface area contributed by atoms with Gasteiger partial charge in [-0.2, -0.15) is 0 Å². The third kappa shape index (κ3) is 5.44. The molecule has 0 bridgehead atoms. The molecule has 0 unspecified atom stereocenters. The Morgan fingerprint density at radius 1 is 0.895 bits per heavy atom. The Morgan fingerprint density at radius 3 is 2.32 bits per heavy atom. The Labute approximate surface area is 221 Å². The molecule has 3 aromatic carbocycles. The second kappa shape index (κ2) is 11.0. The molecular weight excluding hydrogens is 476 g/mol. The van der Waals surface area contributed by atoms with E-state index < -0.39 is 0 Å². The van der Waals surface area contributed by atoms with Crippen molar-refractivity contribution in [1.82, 2.24) is 30.5 Å². The molecule has 1 N–H and O–H groups in total. The first-order valence-corrected chi connectivity index (χ1v) is 12.3. The minimum Gasteiger partial charge on any atom is -0.488 e. The van der Waals surface area contributed by atoms with Gasteiger partial charge in [0.2, 0.25) is 0 Å². The number of aromatic nitrogens is 5. The van der Waals surface area contributed by atoms with Gasteiger partial charge in [0.25, 0.3) is 5.91 Å². The number of benzene rings is 3. The maximum Gasteiger partial charge on any atom is 0.259 e. The van der Waals surface area contributed by atoms with Crippen molar-refractivity contribution < 1.29 is 9.53 Å². The van der Waals surface area contributed by atoms with Crippen LogP contribution in [0, 0.1) is 13.8 Å². The molecule has 2 aromatic heterocycles. The third-order valence-corrected chi connectivity index (χ3v) is 6.30. The van der Waals surface area contributed by atoms with Crippen molar-refractivity contribution >= 4 is 5.91 Å². The highest BCUT2D eigenvalue weighted by Crippen LogP contribution is 2.30. The SMILES string of the molecule is Cc1cc(OCc2ccc(-c3ccccc3-c3nnn[nH]3)cc2)c(C(=O)N(C)Cc2ccccc2)c(C)n1. The van der Waals surface area contributed by atoms with Gasteiger partial charge in [0.15, 0.2) is 5.82 Å². The Hall–Kier alpha value is -4.85. The van der Waals surface area contributed by atoms with Gasteiger partial charge in [0.05, 0.1) is 5.69 Å². The van der Waals surface area contributed by atoms with Crippen LogP contribution in [0.2, 0.25) is 0 Å². The number of H-pyrrole nitrogens is 1. The molecule has 38 heavy (non-hydrogen) atoms. The van der Waals surface area contributed by atoms with E-state index in [-0.39, 0.29) is 5.91 Å². The Morgan fingerprint density at radius 2 is 1.61 bits per heavy atom. The zero-order valence-electron chi connectivity index (χ0n) is 21.5. The third-order valence-electron chi connectivity index (χ3n) is 6.30. The van der Waals surface area contributed by atoms with Gasteiger partial charge in [-0.15, -0.1) is 5.10 Å². The highest BCUT2D eigenvalue weighted by atomic mass is 16.5. The lowest BCUT2D eigenvalue weighted by molar-refractivity contribution is 0.0778. The summed E-state index contributed by atoms with van der Waals surface area (Å²) in [5.74, 6) is 1.03. The largest absolute Gasteiger partial charge is 0.488 e. The van der Waals surface area contributed by atoms with Crippen LogP contribution >= 0.6 is 0 Å². The molecule has 1 amide bonds. The van der Waals surface area contributed by atoms with Crippen molar-refractivity contribution in [1.29, 1.82) is 0 Å². The van der Waals surface area contributed by atoms with E-state index in [1.165, 1.54) is 0 Å². The summed E-state index contributed by atoms with van der Waals surface area (Å²) < 4.78 is 6.22. The van der Waals surface area contributed by atoms with Gasteiger partial charge in [-0.25, -0.2) is 5.10 Å². The van der Waals surface area contributed by atoms with Crippen molar-refractivity contribution in [2.24, 2.45) is 0 Å². The number of tetrazole rings is 1. The highest BCUT2D eigenvalue weighted by molar-refractivity contribution is 5.97. The van der Waals surface area contributed by atoms with Crippen LogP contribution in [0.25, 0.3) is 22.5 Å². The van der Waals surface area contributed by atoms with E-state index in [0.717, 1.165) is 33.5 Å². The Kier molecular flexibility index (Phi) is 7.21. The number of aromatic amines is 1. The van der Waals surface area contributed by atoms with E-state index in [0.29, 0.717) is 36.0 Å². The molecule has 0 spiro atoms. The summed E-state index contributed by atoms with van der Waals surface area (Å²) in [5.41, 5.74) is 6.96. The van der Waals surface area contributed by atoms with Crippen LogP contribution in [0.1, 0.15) is 32.9 Å². The van der Waals surface area contributed by atoms with Gasteiger partial charge in [0, 0.05) is 30.9 Å². The number of carbonyl (C=O) groups excluding carboxylic acids is 1. The zero-order chi connectivity index (χ0) is 26.5. The summed E-state index contributed by atoms with van der Waals surface area (Å²) in [7, 11) is 1.80.